The van der Waals surface area contributed by atoms with Gasteiger partial charge in [-0.15, -0.1) is 0 Å². The van der Waals surface area contributed by atoms with Gasteiger partial charge in [0.25, 0.3) is 5.91 Å². The summed E-state index contributed by atoms with van der Waals surface area (Å²) < 4.78 is 37.5. The molecule has 1 amide bonds. The lowest BCUT2D eigenvalue weighted by Crippen LogP contribution is -2.34. The molecule has 0 aliphatic carbocycles. The zero-order valence-corrected chi connectivity index (χ0v) is 18.4. The molecule has 0 unspecified atom stereocenters. The Kier molecular flexibility index (Phi) is 8.62. The number of carbonyl (C=O) groups is 2. The number of rotatable bonds is 8. The van der Waals surface area contributed by atoms with Gasteiger partial charge in [0.15, 0.2) is 6.61 Å². The van der Waals surface area contributed by atoms with Gasteiger partial charge in [-0.2, -0.15) is 4.31 Å². The zero-order valence-electron chi connectivity index (χ0n) is 17.6. The molecule has 2 heterocycles. The minimum Gasteiger partial charge on any atom is -0.452 e. The van der Waals surface area contributed by atoms with E-state index in [4.69, 9.17) is 9.47 Å². The topological polar surface area (TPSA) is 102 Å². The lowest BCUT2D eigenvalue weighted by atomic mass is 10.2. The third kappa shape index (κ3) is 7.15. The lowest BCUT2D eigenvalue weighted by Gasteiger charge is -2.19. The Morgan fingerprint density at radius 1 is 1.10 bits per heavy atom. The number of hydrogen-bond donors (Lipinski definition) is 1. The molecule has 2 saturated heterocycles. The first-order valence-electron chi connectivity index (χ1n) is 10.8. The first-order chi connectivity index (χ1) is 14.9. The van der Waals surface area contributed by atoms with E-state index in [9.17, 15) is 18.0 Å². The van der Waals surface area contributed by atoms with Gasteiger partial charge in [0, 0.05) is 32.3 Å². The minimum atomic E-state index is -3.50. The molecule has 170 valence electrons. The summed E-state index contributed by atoms with van der Waals surface area (Å²) in [7, 11) is -3.50. The molecular weight excluding hydrogens is 420 g/mol. The van der Waals surface area contributed by atoms with Crippen molar-refractivity contribution in [3.05, 3.63) is 35.9 Å². The molecule has 2 aliphatic heterocycles. The number of benzene rings is 1. The Balaban J connectivity index is 1.46. The second-order valence-electron chi connectivity index (χ2n) is 7.77. The van der Waals surface area contributed by atoms with Crippen LogP contribution >= 0.6 is 0 Å². The predicted molar refractivity (Wildman–Crippen MR) is 116 cm³/mol. The Hall–Kier alpha value is -2.23. The highest BCUT2D eigenvalue weighted by Crippen LogP contribution is 2.21. The summed E-state index contributed by atoms with van der Waals surface area (Å²) >= 11 is 0. The normalized spacial score (nSPS) is 20.5. The fourth-order valence-electron chi connectivity index (χ4n) is 3.62. The Bertz CT molecular complexity index is 868. The van der Waals surface area contributed by atoms with Crippen LogP contribution < -0.4 is 5.32 Å². The monoisotopic (exact) mass is 450 g/mol. The smallest absolute Gasteiger partial charge is 0.331 e. The van der Waals surface area contributed by atoms with E-state index in [1.54, 1.807) is 28.6 Å². The summed E-state index contributed by atoms with van der Waals surface area (Å²) in [4.78, 5) is 23.8. The number of nitrogens with one attached hydrogen (secondary N) is 1. The van der Waals surface area contributed by atoms with Crippen molar-refractivity contribution in [3.8, 4) is 0 Å². The molecule has 2 fully saturated rings. The molecular formula is C22H30N2O6S. The van der Waals surface area contributed by atoms with E-state index >= 15 is 0 Å². The molecule has 1 aromatic carbocycles. The number of amides is 1. The van der Waals surface area contributed by atoms with Crippen molar-refractivity contribution < 1.29 is 27.5 Å². The van der Waals surface area contributed by atoms with Crippen LogP contribution in [0.4, 0.5) is 0 Å². The van der Waals surface area contributed by atoms with E-state index in [0.717, 1.165) is 38.5 Å². The number of carbonyl (C=O) groups excluding carboxylic acids is 2. The third-order valence-corrected chi connectivity index (χ3v) is 7.30. The van der Waals surface area contributed by atoms with Gasteiger partial charge in [0.1, 0.15) is 0 Å². The first-order valence-corrected chi connectivity index (χ1v) is 12.2. The van der Waals surface area contributed by atoms with Crippen molar-refractivity contribution in [1.82, 2.24) is 9.62 Å². The highest BCUT2D eigenvalue weighted by atomic mass is 32.2. The predicted octanol–water partition coefficient (Wildman–Crippen LogP) is 2.10. The van der Waals surface area contributed by atoms with Crippen LogP contribution in [0.3, 0.4) is 0 Å². The number of hydrogen-bond acceptors (Lipinski definition) is 6. The van der Waals surface area contributed by atoms with Crippen LogP contribution in [0.15, 0.2) is 35.2 Å². The molecule has 3 rings (SSSR count). The maximum absolute atomic E-state index is 12.8. The highest BCUT2D eigenvalue weighted by molar-refractivity contribution is 7.89. The zero-order chi connectivity index (χ0) is 22.1. The quantitative estimate of drug-likeness (QED) is 0.481. The van der Waals surface area contributed by atoms with E-state index < -0.39 is 16.0 Å². The molecule has 8 nitrogen and oxygen atoms in total. The van der Waals surface area contributed by atoms with E-state index in [-0.39, 0.29) is 23.5 Å². The standard InChI is InChI=1S/C22H30N2O6S/c25-21(23-16-19-6-5-15-29-19)17-30-22(26)12-9-18-7-10-20(11-8-18)31(27,28)24-13-3-1-2-4-14-24/h7-12,19H,1-6,13-17H2,(H,23,25)/b12-9+/t19-/m0/s1. The van der Waals surface area contributed by atoms with Crippen molar-refractivity contribution in [2.45, 2.75) is 49.5 Å². The van der Waals surface area contributed by atoms with E-state index in [2.05, 4.69) is 5.32 Å². The van der Waals surface area contributed by atoms with Crippen LogP contribution in [0.5, 0.6) is 0 Å². The van der Waals surface area contributed by atoms with Gasteiger partial charge >= 0.3 is 5.97 Å². The largest absolute Gasteiger partial charge is 0.452 e. The molecule has 0 spiro atoms. The molecule has 1 N–H and O–H groups in total. The van der Waals surface area contributed by atoms with Crippen LogP contribution in [-0.2, 0) is 29.1 Å². The summed E-state index contributed by atoms with van der Waals surface area (Å²) in [6, 6.07) is 6.37. The van der Waals surface area contributed by atoms with Crippen LogP contribution in [0.1, 0.15) is 44.1 Å². The van der Waals surface area contributed by atoms with Gasteiger partial charge in [0.2, 0.25) is 10.0 Å². The van der Waals surface area contributed by atoms with E-state index in [1.165, 1.54) is 12.2 Å². The highest BCUT2D eigenvalue weighted by Gasteiger charge is 2.24. The van der Waals surface area contributed by atoms with Gasteiger partial charge < -0.3 is 14.8 Å². The fraction of sp³-hybridized carbons (Fsp3) is 0.545. The van der Waals surface area contributed by atoms with Crippen molar-refractivity contribution >= 4 is 28.0 Å². The van der Waals surface area contributed by atoms with Crippen molar-refractivity contribution in [2.24, 2.45) is 0 Å². The average Bonchev–Trinajstić information content (AvgIpc) is 3.14. The molecule has 0 bridgehead atoms. The van der Waals surface area contributed by atoms with Gasteiger partial charge in [-0.25, -0.2) is 13.2 Å². The van der Waals surface area contributed by atoms with Gasteiger partial charge in [0.05, 0.1) is 11.0 Å². The minimum absolute atomic E-state index is 0.0330. The molecule has 9 heteroatoms. The Morgan fingerprint density at radius 2 is 1.81 bits per heavy atom. The SMILES string of the molecule is O=C(COC(=O)/C=C/c1ccc(S(=O)(=O)N2CCCCCC2)cc1)NC[C@@H]1CCCO1. The second kappa shape index (κ2) is 11.4. The molecule has 0 radical (unpaired) electrons. The van der Waals surface area contributed by atoms with Crippen LogP contribution in [0, 0.1) is 0 Å². The molecule has 0 saturated carbocycles. The number of esters is 1. The van der Waals surface area contributed by atoms with Crippen molar-refractivity contribution in [3.63, 3.8) is 0 Å². The Morgan fingerprint density at radius 3 is 2.45 bits per heavy atom. The number of sulfonamides is 1. The molecule has 0 aromatic heterocycles. The number of nitrogens with zero attached hydrogens (tertiary/aromatic N) is 1. The van der Waals surface area contributed by atoms with Crippen LogP contribution in [-0.4, -0.2) is 63.6 Å². The molecule has 1 aromatic rings. The first kappa shape index (κ1) is 23.4. The van der Waals surface area contributed by atoms with Crippen LogP contribution in [0.2, 0.25) is 0 Å². The molecule has 31 heavy (non-hydrogen) atoms. The molecule has 2 aliphatic rings. The second-order valence-corrected chi connectivity index (χ2v) is 9.71. The summed E-state index contributed by atoms with van der Waals surface area (Å²) in [6.07, 6.45) is 8.56. The van der Waals surface area contributed by atoms with Crippen molar-refractivity contribution in [1.29, 1.82) is 0 Å². The van der Waals surface area contributed by atoms with Gasteiger partial charge in [-0.1, -0.05) is 25.0 Å². The number of ether oxygens (including phenoxy) is 2. The van der Waals surface area contributed by atoms with Crippen molar-refractivity contribution in [2.75, 3.05) is 32.8 Å². The Labute approximate surface area is 183 Å². The maximum Gasteiger partial charge on any atom is 0.331 e. The summed E-state index contributed by atoms with van der Waals surface area (Å²) in [5.41, 5.74) is 0.662. The fourth-order valence-corrected chi connectivity index (χ4v) is 5.13. The van der Waals surface area contributed by atoms with E-state index in [0.29, 0.717) is 31.8 Å². The third-order valence-electron chi connectivity index (χ3n) is 5.39. The lowest BCUT2D eigenvalue weighted by molar-refractivity contribution is -0.143. The van der Waals surface area contributed by atoms with Crippen LogP contribution in [0.25, 0.3) is 6.08 Å². The average molecular weight is 451 g/mol. The molecule has 1 atom stereocenters. The summed E-state index contributed by atoms with van der Waals surface area (Å²) in [6.45, 7) is 1.88. The van der Waals surface area contributed by atoms with Gasteiger partial charge in [-0.3, -0.25) is 4.79 Å². The maximum atomic E-state index is 12.8. The van der Waals surface area contributed by atoms with E-state index in [1.807, 2.05) is 0 Å². The van der Waals surface area contributed by atoms with Gasteiger partial charge in [-0.05, 0) is 49.5 Å². The summed E-state index contributed by atoms with van der Waals surface area (Å²) in [5, 5.41) is 2.68. The summed E-state index contributed by atoms with van der Waals surface area (Å²) in [5.74, 6) is -1.02.